The molecule has 0 atom stereocenters. The summed E-state index contributed by atoms with van der Waals surface area (Å²) in [4.78, 5) is 0. The molecular formula is C13H23NOS. The molecule has 0 saturated heterocycles. The van der Waals surface area contributed by atoms with Crippen LogP contribution in [0.1, 0.15) is 40.5 Å². The van der Waals surface area contributed by atoms with Crippen molar-refractivity contribution in [3.8, 4) is 0 Å². The first-order chi connectivity index (χ1) is 7.20. The van der Waals surface area contributed by atoms with E-state index in [2.05, 4.69) is 32.1 Å². The third-order valence-corrected chi connectivity index (χ3v) is 7.14. The first-order valence-electron chi connectivity index (χ1n) is 6.04. The van der Waals surface area contributed by atoms with Crippen molar-refractivity contribution in [1.82, 2.24) is 0 Å². The van der Waals surface area contributed by atoms with Gasteiger partial charge in [0.25, 0.3) is 0 Å². The van der Waals surface area contributed by atoms with Crippen molar-refractivity contribution < 1.29 is 4.21 Å². The molecular weight excluding hydrogens is 218 g/mol. The van der Waals surface area contributed by atoms with Crippen LogP contribution in [-0.2, 0) is 9.73 Å². The summed E-state index contributed by atoms with van der Waals surface area (Å²) < 4.78 is 17.0. The summed E-state index contributed by atoms with van der Waals surface area (Å²) in [6.07, 6.45) is 2.40. The lowest BCUT2D eigenvalue weighted by atomic mass is 9.65. The maximum atomic E-state index is 12.8. The fourth-order valence-corrected chi connectivity index (χ4v) is 6.31. The van der Waals surface area contributed by atoms with Gasteiger partial charge in [-0.05, 0) is 23.7 Å². The Balaban J connectivity index is 2.57. The predicted octanol–water partition coefficient (Wildman–Crippen LogP) is 3.24. The van der Waals surface area contributed by atoms with E-state index in [-0.39, 0.29) is 10.8 Å². The Morgan fingerprint density at radius 1 is 1.00 bits per heavy atom. The molecule has 2 aliphatic rings. The number of hydrogen-bond acceptors (Lipinski definition) is 2. The number of hydrogen-bond donors (Lipinski definition) is 0. The topological polar surface area (TPSA) is 29.4 Å². The van der Waals surface area contributed by atoms with Gasteiger partial charge in [0.15, 0.2) is 0 Å². The van der Waals surface area contributed by atoms with Crippen molar-refractivity contribution in [3.05, 3.63) is 11.1 Å². The van der Waals surface area contributed by atoms with Crippen LogP contribution in [0.25, 0.3) is 0 Å². The monoisotopic (exact) mass is 241 g/mol. The van der Waals surface area contributed by atoms with Gasteiger partial charge in [0.1, 0.15) is 0 Å². The van der Waals surface area contributed by atoms with E-state index >= 15 is 0 Å². The smallest absolute Gasteiger partial charge is 0.0481 e. The zero-order valence-electron chi connectivity index (χ0n) is 11.1. The van der Waals surface area contributed by atoms with Crippen LogP contribution in [0.15, 0.2) is 15.5 Å². The third kappa shape index (κ3) is 1.73. The summed E-state index contributed by atoms with van der Waals surface area (Å²) in [6, 6.07) is 0. The Morgan fingerprint density at radius 2 is 1.38 bits per heavy atom. The van der Waals surface area contributed by atoms with Gasteiger partial charge in [-0.3, -0.25) is 0 Å². The zero-order valence-corrected chi connectivity index (χ0v) is 11.9. The molecule has 0 radical (unpaired) electrons. The molecule has 0 amide bonds. The van der Waals surface area contributed by atoms with Crippen LogP contribution in [0.2, 0.25) is 0 Å². The maximum Gasteiger partial charge on any atom is 0.0481 e. The molecule has 0 spiro atoms. The van der Waals surface area contributed by atoms with Crippen LogP contribution in [0, 0.1) is 10.8 Å². The number of allylic oxidation sites excluding steroid dienone is 2. The summed E-state index contributed by atoms with van der Waals surface area (Å²) >= 11 is 0. The van der Waals surface area contributed by atoms with Gasteiger partial charge < -0.3 is 0 Å². The Hall–Kier alpha value is -0.310. The minimum atomic E-state index is -2.02. The van der Waals surface area contributed by atoms with Crippen LogP contribution in [0.3, 0.4) is 0 Å². The van der Waals surface area contributed by atoms with E-state index < -0.39 is 9.73 Å². The molecule has 1 aliphatic carbocycles. The van der Waals surface area contributed by atoms with E-state index in [0.29, 0.717) is 0 Å². The summed E-state index contributed by atoms with van der Waals surface area (Å²) in [5.74, 6) is 1.47. The van der Waals surface area contributed by atoms with Crippen LogP contribution in [0.4, 0.5) is 0 Å². The standard InChI is InChI=1S/C13H23NOS/c1-12(2)8-16(15,14-5)9-13(3,4)11-7-6-10(11)12/h6-9H2,1-5H3. The Bertz CT molecular complexity index is 428. The van der Waals surface area contributed by atoms with Gasteiger partial charge in [0.05, 0.1) is 0 Å². The number of nitrogens with zero attached hydrogens (tertiary/aromatic N) is 1. The number of rotatable bonds is 0. The van der Waals surface area contributed by atoms with Crippen molar-refractivity contribution in [2.75, 3.05) is 18.6 Å². The molecule has 0 bridgehead atoms. The molecule has 2 nitrogen and oxygen atoms in total. The van der Waals surface area contributed by atoms with Crippen molar-refractivity contribution in [1.29, 1.82) is 0 Å². The molecule has 0 saturated carbocycles. The third-order valence-electron chi connectivity index (χ3n) is 4.13. The quantitative estimate of drug-likeness (QED) is 0.599. The predicted molar refractivity (Wildman–Crippen MR) is 70.1 cm³/mol. The first-order valence-corrected chi connectivity index (χ1v) is 7.89. The second-order valence-corrected chi connectivity index (χ2v) is 8.96. The van der Waals surface area contributed by atoms with E-state index in [4.69, 9.17) is 0 Å². The van der Waals surface area contributed by atoms with Gasteiger partial charge in [-0.2, -0.15) is 0 Å². The summed E-state index contributed by atoms with van der Waals surface area (Å²) in [5.41, 5.74) is 3.29. The second-order valence-electron chi connectivity index (χ2n) is 6.47. The molecule has 0 N–H and O–H groups in total. The molecule has 1 aliphatic heterocycles. The minimum absolute atomic E-state index is 0.0813. The highest BCUT2D eigenvalue weighted by atomic mass is 32.2. The highest BCUT2D eigenvalue weighted by molar-refractivity contribution is 7.93. The van der Waals surface area contributed by atoms with E-state index in [9.17, 15) is 4.21 Å². The molecule has 3 heteroatoms. The van der Waals surface area contributed by atoms with Crippen LogP contribution >= 0.6 is 0 Å². The zero-order chi connectivity index (χ0) is 12.2. The fraction of sp³-hybridized carbons (Fsp3) is 0.846. The lowest BCUT2D eigenvalue weighted by molar-refractivity contribution is 0.397. The molecule has 0 unspecified atom stereocenters. The molecule has 0 aromatic rings. The maximum absolute atomic E-state index is 12.8. The Kier molecular flexibility index (Phi) is 2.54. The molecule has 0 aromatic carbocycles. The molecule has 0 fully saturated rings. The average molecular weight is 241 g/mol. The van der Waals surface area contributed by atoms with Gasteiger partial charge in [-0.15, -0.1) is 0 Å². The first kappa shape index (κ1) is 12.2. The van der Waals surface area contributed by atoms with Gasteiger partial charge in [0, 0.05) is 28.3 Å². The molecule has 16 heavy (non-hydrogen) atoms. The van der Waals surface area contributed by atoms with Crippen molar-refractivity contribution in [2.24, 2.45) is 15.2 Å². The second kappa shape index (κ2) is 3.34. The lowest BCUT2D eigenvalue weighted by Crippen LogP contribution is -2.28. The van der Waals surface area contributed by atoms with Crippen LogP contribution in [0.5, 0.6) is 0 Å². The summed E-state index contributed by atoms with van der Waals surface area (Å²) in [5, 5.41) is 0. The lowest BCUT2D eigenvalue weighted by Gasteiger charge is -2.39. The molecule has 92 valence electrons. The van der Waals surface area contributed by atoms with E-state index in [1.54, 1.807) is 18.2 Å². The summed E-state index contributed by atoms with van der Waals surface area (Å²) in [6.45, 7) is 8.92. The molecule has 2 rings (SSSR count). The minimum Gasteiger partial charge on any atom is -0.250 e. The molecule has 1 heterocycles. The highest BCUT2D eigenvalue weighted by Crippen LogP contribution is 2.52. The largest absolute Gasteiger partial charge is 0.250 e. The van der Waals surface area contributed by atoms with Crippen molar-refractivity contribution in [2.45, 2.75) is 40.5 Å². The molecule has 0 aromatic heterocycles. The highest BCUT2D eigenvalue weighted by Gasteiger charge is 2.44. The fourth-order valence-electron chi connectivity index (χ4n) is 3.35. The summed E-state index contributed by atoms with van der Waals surface area (Å²) in [7, 11) is -0.303. The van der Waals surface area contributed by atoms with Crippen molar-refractivity contribution >= 4 is 9.73 Å². The van der Waals surface area contributed by atoms with Crippen LogP contribution < -0.4 is 0 Å². The van der Waals surface area contributed by atoms with Crippen molar-refractivity contribution in [3.63, 3.8) is 0 Å². The van der Waals surface area contributed by atoms with E-state index in [1.165, 1.54) is 12.8 Å². The average Bonchev–Trinajstić information content (AvgIpc) is 1.98. The van der Waals surface area contributed by atoms with E-state index in [1.807, 2.05) is 0 Å². The SMILES string of the molecule is CN=S1(=O)CC(C)(C)C2=C(CC2)C(C)(C)C1. The van der Waals surface area contributed by atoms with Crippen LogP contribution in [-0.4, -0.2) is 22.8 Å². The normalized spacial score (nSPS) is 30.1. The van der Waals surface area contributed by atoms with Gasteiger partial charge in [-0.25, -0.2) is 8.57 Å². The van der Waals surface area contributed by atoms with E-state index in [0.717, 1.165) is 11.5 Å². The van der Waals surface area contributed by atoms with Gasteiger partial charge in [0.2, 0.25) is 0 Å². The Morgan fingerprint density at radius 3 is 1.62 bits per heavy atom. The van der Waals surface area contributed by atoms with Gasteiger partial charge >= 0.3 is 0 Å². The van der Waals surface area contributed by atoms with Gasteiger partial charge in [-0.1, -0.05) is 38.8 Å². The Labute approximate surface area is 99.7 Å².